The number of carbonyl (C=O) groups is 3. The molecule has 41 heavy (non-hydrogen) atoms. The number of benzene rings is 2. The Hall–Kier alpha value is -3.79. The van der Waals surface area contributed by atoms with Crippen LogP contribution in [0.2, 0.25) is 0 Å². The molecule has 2 bridgehead atoms. The average molecular weight is 563 g/mol. The third-order valence-corrected chi connectivity index (χ3v) is 8.24. The summed E-state index contributed by atoms with van der Waals surface area (Å²) in [5.74, 6) is -0.515. The lowest BCUT2D eigenvalue weighted by molar-refractivity contribution is -0.126. The fourth-order valence-corrected chi connectivity index (χ4v) is 5.81. The van der Waals surface area contributed by atoms with Gasteiger partial charge in [-0.3, -0.25) is 19.3 Å². The maximum atomic E-state index is 14.8. The van der Waals surface area contributed by atoms with Crippen molar-refractivity contribution < 1.29 is 18.8 Å². The molecule has 2 aromatic carbocycles. The number of fused-ring (bicyclic) bond motifs is 4. The molecule has 1 fully saturated rings. The van der Waals surface area contributed by atoms with Crippen molar-refractivity contribution in [2.45, 2.75) is 58.2 Å². The minimum absolute atomic E-state index is 0.00964. The van der Waals surface area contributed by atoms with Crippen LogP contribution >= 0.6 is 0 Å². The predicted octanol–water partition coefficient (Wildman–Crippen LogP) is 3.02. The first-order chi connectivity index (χ1) is 19.7. The van der Waals surface area contributed by atoms with Crippen molar-refractivity contribution in [3.05, 3.63) is 65.2 Å². The van der Waals surface area contributed by atoms with E-state index in [1.54, 1.807) is 12.1 Å². The second-order valence-electron chi connectivity index (χ2n) is 11.5. The van der Waals surface area contributed by atoms with E-state index in [2.05, 4.69) is 10.6 Å². The summed E-state index contributed by atoms with van der Waals surface area (Å²) in [6.45, 7) is 5.92. The van der Waals surface area contributed by atoms with Crippen LogP contribution in [0.15, 0.2) is 42.5 Å². The molecule has 0 unspecified atom stereocenters. The molecule has 9 nitrogen and oxygen atoms in total. The van der Waals surface area contributed by atoms with E-state index in [0.29, 0.717) is 51.9 Å². The number of rotatable bonds is 3. The van der Waals surface area contributed by atoms with Crippen molar-refractivity contribution in [1.82, 2.24) is 30.0 Å². The van der Waals surface area contributed by atoms with Crippen LogP contribution in [0, 0.1) is 11.7 Å². The zero-order chi connectivity index (χ0) is 29.1. The highest BCUT2D eigenvalue weighted by atomic mass is 19.1. The molecule has 2 aliphatic heterocycles. The van der Waals surface area contributed by atoms with Crippen LogP contribution in [0.4, 0.5) is 4.39 Å². The van der Waals surface area contributed by atoms with Gasteiger partial charge in [0.15, 0.2) is 0 Å². The summed E-state index contributed by atoms with van der Waals surface area (Å²) in [5.41, 5.74) is 2.71. The molecule has 0 spiro atoms. The fraction of sp³-hybridized carbons (Fsp3) is 0.484. The fourth-order valence-electron chi connectivity index (χ4n) is 5.81. The molecule has 0 saturated carbocycles. The molecule has 1 aromatic heterocycles. The van der Waals surface area contributed by atoms with E-state index in [1.165, 1.54) is 11.0 Å². The topological polar surface area (TPSA) is 99.6 Å². The first-order valence-electron chi connectivity index (χ1n) is 14.5. The molecule has 2 aliphatic rings. The SMILES string of the molecule is CC(C)[C@@H]1CN(Cc2nc3ccccc3n2C)CC(=O)NCCCc2ccc(F)c(c2)C(=O)N2CCC[C@H]2C(=O)N1. The van der Waals surface area contributed by atoms with Gasteiger partial charge in [0.05, 0.1) is 29.7 Å². The maximum Gasteiger partial charge on any atom is 0.257 e. The monoisotopic (exact) mass is 562 g/mol. The number of hydrogen-bond donors (Lipinski definition) is 2. The van der Waals surface area contributed by atoms with E-state index in [-0.39, 0.29) is 35.9 Å². The third kappa shape index (κ3) is 6.43. The van der Waals surface area contributed by atoms with Gasteiger partial charge in [-0.15, -0.1) is 0 Å². The zero-order valence-electron chi connectivity index (χ0n) is 24.0. The number of imidazole rings is 1. The molecule has 218 valence electrons. The zero-order valence-corrected chi connectivity index (χ0v) is 24.0. The Morgan fingerprint density at radius 3 is 2.68 bits per heavy atom. The molecule has 3 aromatic rings. The van der Waals surface area contributed by atoms with E-state index < -0.39 is 17.8 Å². The Labute approximate surface area is 240 Å². The number of aryl methyl sites for hydroxylation is 2. The largest absolute Gasteiger partial charge is 0.355 e. The molecule has 10 heteroatoms. The molecule has 3 amide bonds. The summed E-state index contributed by atoms with van der Waals surface area (Å²) in [4.78, 5) is 48.5. The molecule has 1 saturated heterocycles. The molecule has 3 heterocycles. The lowest BCUT2D eigenvalue weighted by atomic mass is 10.0. The molecule has 0 radical (unpaired) electrons. The van der Waals surface area contributed by atoms with Crippen molar-refractivity contribution in [2.24, 2.45) is 13.0 Å². The Bertz CT molecular complexity index is 1440. The van der Waals surface area contributed by atoms with Crippen molar-refractivity contribution in [1.29, 1.82) is 0 Å². The number of halogens is 1. The lowest BCUT2D eigenvalue weighted by Gasteiger charge is -2.32. The van der Waals surface area contributed by atoms with Gasteiger partial charge in [-0.25, -0.2) is 9.37 Å². The lowest BCUT2D eigenvalue weighted by Crippen LogP contribution is -2.54. The van der Waals surface area contributed by atoms with Gasteiger partial charge in [0.1, 0.15) is 17.7 Å². The average Bonchev–Trinajstić information content (AvgIpc) is 3.56. The minimum atomic E-state index is -0.668. The maximum absolute atomic E-state index is 14.8. The van der Waals surface area contributed by atoms with Crippen LogP contribution in [0.25, 0.3) is 11.0 Å². The second kappa shape index (κ2) is 12.4. The van der Waals surface area contributed by atoms with Crippen molar-refractivity contribution in [2.75, 3.05) is 26.2 Å². The number of aromatic nitrogens is 2. The highest BCUT2D eigenvalue weighted by Crippen LogP contribution is 2.24. The quantitative estimate of drug-likeness (QED) is 0.512. The van der Waals surface area contributed by atoms with Crippen molar-refractivity contribution in [3.63, 3.8) is 0 Å². The van der Waals surface area contributed by atoms with E-state index in [9.17, 15) is 18.8 Å². The molecular formula is C31H39FN6O3. The van der Waals surface area contributed by atoms with Gasteiger partial charge in [0, 0.05) is 32.7 Å². The number of para-hydroxylation sites is 2. The minimum Gasteiger partial charge on any atom is -0.355 e. The van der Waals surface area contributed by atoms with Gasteiger partial charge in [0.25, 0.3) is 5.91 Å². The summed E-state index contributed by atoms with van der Waals surface area (Å²) >= 11 is 0. The Morgan fingerprint density at radius 1 is 1.10 bits per heavy atom. The first kappa shape index (κ1) is 28.7. The van der Waals surface area contributed by atoms with Gasteiger partial charge in [-0.1, -0.05) is 32.0 Å². The van der Waals surface area contributed by atoms with E-state index in [0.717, 1.165) is 22.4 Å². The van der Waals surface area contributed by atoms with E-state index in [1.807, 2.05) is 54.6 Å². The molecular weight excluding hydrogens is 523 g/mol. The van der Waals surface area contributed by atoms with Gasteiger partial charge >= 0.3 is 0 Å². The van der Waals surface area contributed by atoms with E-state index >= 15 is 0 Å². The number of amides is 3. The highest BCUT2D eigenvalue weighted by molar-refractivity contribution is 5.98. The van der Waals surface area contributed by atoms with Gasteiger partial charge < -0.3 is 20.1 Å². The molecule has 2 N–H and O–H groups in total. The summed E-state index contributed by atoms with van der Waals surface area (Å²) < 4.78 is 16.8. The molecule has 2 atom stereocenters. The van der Waals surface area contributed by atoms with Gasteiger partial charge in [0.2, 0.25) is 11.8 Å². The smallest absolute Gasteiger partial charge is 0.257 e. The second-order valence-corrected chi connectivity index (χ2v) is 11.5. The van der Waals surface area contributed by atoms with Crippen LogP contribution in [0.3, 0.4) is 0 Å². The number of nitrogens with one attached hydrogen (secondary N) is 2. The van der Waals surface area contributed by atoms with Gasteiger partial charge in [-0.2, -0.15) is 0 Å². The van der Waals surface area contributed by atoms with Gasteiger partial charge in [-0.05, 0) is 61.4 Å². The van der Waals surface area contributed by atoms with Crippen molar-refractivity contribution in [3.8, 4) is 0 Å². The summed E-state index contributed by atoms with van der Waals surface area (Å²) in [5, 5.41) is 6.17. The normalized spacial score (nSPS) is 21.6. The van der Waals surface area contributed by atoms with Crippen LogP contribution in [0.5, 0.6) is 0 Å². The Morgan fingerprint density at radius 2 is 1.90 bits per heavy atom. The van der Waals surface area contributed by atoms with Crippen LogP contribution < -0.4 is 10.6 Å². The van der Waals surface area contributed by atoms with Crippen LogP contribution in [-0.4, -0.2) is 75.3 Å². The summed E-state index contributed by atoms with van der Waals surface area (Å²) in [7, 11) is 1.97. The standard InChI is InChI=1S/C31H39FN6O3/c1-20(2)25-17-37(18-28-34-24-9-4-5-10-26(24)36(28)3)19-29(39)33-14-6-8-21-12-13-23(32)22(16-21)31(41)38-15-7-11-27(38)30(40)35-25/h4-5,9-10,12-13,16,20,25,27H,6-8,11,14-15,17-19H2,1-3H3,(H,33,39)(H,35,40)/t25-,27-/m0/s1. The molecule has 0 aliphatic carbocycles. The first-order valence-corrected chi connectivity index (χ1v) is 14.5. The Balaban J connectivity index is 1.43. The third-order valence-electron chi connectivity index (χ3n) is 8.24. The van der Waals surface area contributed by atoms with E-state index in [4.69, 9.17) is 4.98 Å². The van der Waals surface area contributed by atoms with Crippen LogP contribution in [-0.2, 0) is 29.6 Å². The predicted molar refractivity (Wildman–Crippen MR) is 155 cm³/mol. The number of nitrogens with zero attached hydrogens (tertiary/aromatic N) is 4. The number of carbonyl (C=O) groups excluding carboxylic acids is 3. The van der Waals surface area contributed by atoms with Crippen molar-refractivity contribution >= 4 is 28.8 Å². The Kier molecular flexibility index (Phi) is 8.68. The summed E-state index contributed by atoms with van der Waals surface area (Å²) in [6, 6.07) is 11.5. The van der Waals surface area contributed by atoms with Crippen LogP contribution in [0.1, 0.15) is 54.9 Å². The highest BCUT2D eigenvalue weighted by Gasteiger charge is 2.37. The summed E-state index contributed by atoms with van der Waals surface area (Å²) in [6.07, 6.45) is 2.44. The molecule has 5 rings (SSSR count). The number of hydrogen-bond acceptors (Lipinski definition) is 5.